The van der Waals surface area contributed by atoms with Gasteiger partial charge in [0.15, 0.2) is 12.4 Å². The molecule has 1 rings (SSSR count). The number of hydrogen-bond donors (Lipinski definition) is 0. The number of hydrogen-bond acceptors (Lipinski definition) is 0. The first-order chi connectivity index (χ1) is 12.3. The maximum atomic E-state index is 2.42. The van der Waals surface area contributed by atoms with Crippen LogP contribution in [0.2, 0.25) is 0 Å². The van der Waals surface area contributed by atoms with E-state index in [0.29, 0.717) is 0 Å². The van der Waals surface area contributed by atoms with Crippen LogP contribution in [0.3, 0.4) is 0 Å². The van der Waals surface area contributed by atoms with E-state index in [1.807, 2.05) is 0 Å². The fraction of sp³-hybridized carbons (Fsp3) is 0.708. The molecule has 2 heteroatoms. The fourth-order valence-electron chi connectivity index (χ4n) is 3.22. The van der Waals surface area contributed by atoms with Crippen LogP contribution in [0.25, 0.3) is 0 Å². The Hall–Kier alpha value is -0.820. The highest BCUT2D eigenvalue weighted by Crippen LogP contribution is 2.09. The minimum atomic E-state index is 0. The summed E-state index contributed by atoms with van der Waals surface area (Å²) in [5, 5.41) is 0. The van der Waals surface area contributed by atoms with E-state index in [9.17, 15) is 0 Å². The van der Waals surface area contributed by atoms with Gasteiger partial charge in [-0.05, 0) is 44.6 Å². The SMILES string of the molecule is CCCCCCCC/C=C\CCCCCCCC[n+]1ccc(C)cc1.[Cl-]. The van der Waals surface area contributed by atoms with Crippen molar-refractivity contribution < 1.29 is 17.0 Å². The first-order valence-corrected chi connectivity index (χ1v) is 10.9. The molecule has 1 nitrogen and oxygen atoms in total. The van der Waals surface area contributed by atoms with E-state index in [2.05, 4.69) is 55.1 Å². The van der Waals surface area contributed by atoms with Crippen LogP contribution in [-0.2, 0) is 6.54 Å². The molecule has 0 radical (unpaired) electrons. The summed E-state index contributed by atoms with van der Waals surface area (Å²) < 4.78 is 2.31. The summed E-state index contributed by atoms with van der Waals surface area (Å²) in [5.41, 5.74) is 1.34. The highest BCUT2D eigenvalue weighted by molar-refractivity contribution is 5.03. The first kappa shape index (κ1) is 25.2. The standard InChI is InChI=1S/C24H42N.ClH/c1-3-4-5-6-7-8-9-10-11-12-13-14-15-16-17-18-21-25-22-19-24(2)20-23-25;/h10-11,19-20,22-23H,3-9,12-18,21H2,1-2H3;1H/q+1;/p-1/b11-10-;. The Labute approximate surface area is 169 Å². The van der Waals surface area contributed by atoms with E-state index in [0.717, 1.165) is 0 Å². The van der Waals surface area contributed by atoms with Gasteiger partial charge in [0.2, 0.25) is 0 Å². The number of halogens is 1. The van der Waals surface area contributed by atoms with Crippen LogP contribution in [0.4, 0.5) is 0 Å². The van der Waals surface area contributed by atoms with Gasteiger partial charge in [0, 0.05) is 18.6 Å². The van der Waals surface area contributed by atoms with E-state index < -0.39 is 0 Å². The average Bonchev–Trinajstić information content (AvgIpc) is 2.63. The number of rotatable bonds is 16. The first-order valence-electron chi connectivity index (χ1n) is 10.9. The highest BCUT2D eigenvalue weighted by Gasteiger charge is 1.99. The van der Waals surface area contributed by atoms with Gasteiger partial charge in [0.05, 0.1) is 0 Å². The number of unbranched alkanes of at least 4 members (excludes halogenated alkanes) is 12. The number of aromatic nitrogens is 1. The third-order valence-corrected chi connectivity index (χ3v) is 4.99. The van der Waals surface area contributed by atoms with Crippen LogP contribution in [0.15, 0.2) is 36.7 Å². The van der Waals surface area contributed by atoms with Gasteiger partial charge in [-0.2, -0.15) is 0 Å². The van der Waals surface area contributed by atoms with Crippen LogP contribution in [0, 0.1) is 6.92 Å². The van der Waals surface area contributed by atoms with Crippen molar-refractivity contribution in [2.45, 2.75) is 110 Å². The summed E-state index contributed by atoms with van der Waals surface area (Å²) >= 11 is 0. The fourth-order valence-corrected chi connectivity index (χ4v) is 3.22. The zero-order chi connectivity index (χ0) is 18.0. The lowest BCUT2D eigenvalue weighted by Gasteiger charge is -2.00. The molecule has 0 aliphatic rings. The minimum Gasteiger partial charge on any atom is -1.00 e. The minimum absolute atomic E-state index is 0. The van der Waals surface area contributed by atoms with Crippen LogP contribution in [0.1, 0.15) is 102 Å². The van der Waals surface area contributed by atoms with Crippen molar-refractivity contribution in [2.24, 2.45) is 0 Å². The molecular weight excluding hydrogens is 338 g/mol. The van der Waals surface area contributed by atoms with Gasteiger partial charge in [-0.15, -0.1) is 0 Å². The van der Waals surface area contributed by atoms with Gasteiger partial charge in [-0.3, -0.25) is 0 Å². The molecule has 0 saturated heterocycles. The zero-order valence-corrected chi connectivity index (χ0v) is 18.2. The van der Waals surface area contributed by atoms with Gasteiger partial charge >= 0.3 is 0 Å². The van der Waals surface area contributed by atoms with Gasteiger partial charge in [-0.1, -0.05) is 70.4 Å². The van der Waals surface area contributed by atoms with Crippen molar-refractivity contribution >= 4 is 0 Å². The van der Waals surface area contributed by atoms with E-state index in [4.69, 9.17) is 0 Å². The van der Waals surface area contributed by atoms with Crippen LogP contribution in [0.5, 0.6) is 0 Å². The average molecular weight is 380 g/mol. The third kappa shape index (κ3) is 15.4. The quantitative estimate of drug-likeness (QED) is 0.229. The lowest BCUT2D eigenvalue weighted by Crippen LogP contribution is -3.00. The Morgan fingerprint density at radius 1 is 0.692 bits per heavy atom. The number of pyridine rings is 1. The Morgan fingerprint density at radius 3 is 1.69 bits per heavy atom. The highest BCUT2D eigenvalue weighted by atomic mass is 35.5. The molecule has 150 valence electrons. The normalized spacial score (nSPS) is 11.0. The van der Waals surface area contributed by atoms with E-state index in [-0.39, 0.29) is 12.4 Å². The zero-order valence-electron chi connectivity index (χ0n) is 17.4. The molecule has 0 spiro atoms. The van der Waals surface area contributed by atoms with Crippen LogP contribution < -0.4 is 17.0 Å². The summed E-state index contributed by atoms with van der Waals surface area (Å²) in [6.45, 7) is 5.60. The molecule has 0 saturated carbocycles. The molecule has 0 aliphatic heterocycles. The molecule has 1 aromatic heterocycles. The van der Waals surface area contributed by atoms with Crippen LogP contribution in [-0.4, -0.2) is 0 Å². The molecular formula is C24H42ClN. The maximum Gasteiger partial charge on any atom is 0.169 e. The summed E-state index contributed by atoms with van der Waals surface area (Å²) in [4.78, 5) is 0. The van der Waals surface area contributed by atoms with Crippen molar-refractivity contribution in [1.29, 1.82) is 0 Å². The Kier molecular flexibility index (Phi) is 18.4. The Bertz CT molecular complexity index is 424. The van der Waals surface area contributed by atoms with E-state index >= 15 is 0 Å². The largest absolute Gasteiger partial charge is 1.00 e. The van der Waals surface area contributed by atoms with Crippen LogP contribution >= 0.6 is 0 Å². The van der Waals surface area contributed by atoms with Crippen molar-refractivity contribution in [1.82, 2.24) is 0 Å². The topological polar surface area (TPSA) is 3.88 Å². The molecule has 0 bridgehead atoms. The van der Waals surface area contributed by atoms with Gasteiger partial charge in [-0.25, -0.2) is 4.57 Å². The van der Waals surface area contributed by atoms with Crippen molar-refractivity contribution in [2.75, 3.05) is 0 Å². The predicted molar refractivity (Wildman–Crippen MR) is 111 cm³/mol. The molecule has 0 fully saturated rings. The smallest absolute Gasteiger partial charge is 0.169 e. The summed E-state index contributed by atoms with van der Waals surface area (Å²) in [6.07, 6.45) is 28.5. The lowest BCUT2D eigenvalue weighted by atomic mass is 10.1. The van der Waals surface area contributed by atoms with Crippen molar-refractivity contribution in [3.63, 3.8) is 0 Å². The molecule has 0 amide bonds. The molecule has 26 heavy (non-hydrogen) atoms. The number of aryl methyl sites for hydroxylation is 2. The third-order valence-electron chi connectivity index (χ3n) is 4.99. The van der Waals surface area contributed by atoms with Crippen molar-refractivity contribution in [3.8, 4) is 0 Å². The molecule has 0 atom stereocenters. The predicted octanol–water partition coefficient (Wildman–Crippen LogP) is 4.32. The second-order valence-corrected chi connectivity index (χ2v) is 7.55. The van der Waals surface area contributed by atoms with Gasteiger partial charge in [0.25, 0.3) is 0 Å². The molecule has 0 N–H and O–H groups in total. The van der Waals surface area contributed by atoms with E-state index in [1.54, 1.807) is 0 Å². The Morgan fingerprint density at radius 2 is 1.15 bits per heavy atom. The number of allylic oxidation sites excluding steroid dienone is 2. The molecule has 1 heterocycles. The summed E-state index contributed by atoms with van der Waals surface area (Å²) in [6, 6.07) is 4.39. The lowest BCUT2D eigenvalue weighted by molar-refractivity contribution is -0.697. The molecule has 0 aromatic carbocycles. The second kappa shape index (κ2) is 19.0. The molecule has 0 unspecified atom stereocenters. The van der Waals surface area contributed by atoms with E-state index in [1.165, 1.54) is 102 Å². The van der Waals surface area contributed by atoms with Gasteiger partial charge < -0.3 is 12.4 Å². The van der Waals surface area contributed by atoms with Crippen molar-refractivity contribution in [3.05, 3.63) is 42.2 Å². The maximum absolute atomic E-state index is 2.42. The summed E-state index contributed by atoms with van der Waals surface area (Å²) in [7, 11) is 0. The molecule has 0 aliphatic carbocycles. The van der Waals surface area contributed by atoms with Gasteiger partial charge in [0.1, 0.15) is 6.54 Å². The summed E-state index contributed by atoms with van der Waals surface area (Å²) in [5.74, 6) is 0. The monoisotopic (exact) mass is 379 g/mol. The second-order valence-electron chi connectivity index (χ2n) is 7.55. The Balaban J connectivity index is 0.00000625. The number of nitrogens with zero attached hydrogens (tertiary/aromatic N) is 1. The molecule has 1 aromatic rings.